The molecule has 4 nitrogen and oxygen atoms in total. The molecule has 0 aliphatic heterocycles. The van der Waals surface area contributed by atoms with Gasteiger partial charge >= 0.3 is 0 Å². The first-order valence-electron chi connectivity index (χ1n) is 8.50. The van der Waals surface area contributed by atoms with Crippen LogP contribution in [0.25, 0.3) is 10.8 Å². The summed E-state index contributed by atoms with van der Waals surface area (Å²) in [5, 5.41) is 8.24. The maximum Gasteiger partial charge on any atom is 0.257 e. The van der Waals surface area contributed by atoms with E-state index in [1.807, 2.05) is 56.3 Å². The number of amides is 1. The molecule has 0 atom stereocenters. The highest BCUT2D eigenvalue weighted by Crippen LogP contribution is 2.27. The summed E-state index contributed by atoms with van der Waals surface area (Å²) in [5.41, 5.74) is 1.31. The zero-order valence-electron chi connectivity index (χ0n) is 15.0. The van der Waals surface area contributed by atoms with Crippen LogP contribution in [0.5, 0.6) is 5.75 Å². The molecule has 0 spiro atoms. The van der Waals surface area contributed by atoms with Crippen molar-refractivity contribution in [3.8, 4) is 5.75 Å². The molecule has 1 amide bonds. The van der Waals surface area contributed by atoms with Crippen molar-refractivity contribution in [3.05, 3.63) is 70.7 Å². The van der Waals surface area contributed by atoms with Crippen molar-refractivity contribution in [1.82, 2.24) is 5.32 Å². The molecule has 3 aromatic rings. The maximum atomic E-state index is 12.4. The second kappa shape index (κ2) is 8.50. The minimum absolute atomic E-state index is 0.0553. The van der Waals surface area contributed by atoms with Crippen molar-refractivity contribution in [2.24, 2.45) is 0 Å². The van der Waals surface area contributed by atoms with Gasteiger partial charge in [0.15, 0.2) is 5.11 Å². The Labute approximate surface area is 172 Å². The minimum Gasteiger partial charge on any atom is -0.490 e. The molecular weight excluding hydrogens is 424 g/mol. The predicted molar refractivity (Wildman–Crippen MR) is 118 cm³/mol. The number of benzene rings is 3. The van der Waals surface area contributed by atoms with Gasteiger partial charge in [-0.05, 0) is 83.1 Å². The van der Waals surface area contributed by atoms with Gasteiger partial charge in [0.05, 0.1) is 10.6 Å². The third kappa shape index (κ3) is 5.05. The van der Waals surface area contributed by atoms with E-state index in [2.05, 4.69) is 26.6 Å². The lowest BCUT2D eigenvalue weighted by Crippen LogP contribution is -2.34. The van der Waals surface area contributed by atoms with Gasteiger partial charge in [-0.3, -0.25) is 10.1 Å². The van der Waals surface area contributed by atoms with Crippen LogP contribution in [0.1, 0.15) is 24.2 Å². The minimum atomic E-state index is -0.287. The smallest absolute Gasteiger partial charge is 0.257 e. The Hall–Kier alpha value is -2.44. The summed E-state index contributed by atoms with van der Waals surface area (Å²) in [7, 11) is 0. The third-order valence-corrected chi connectivity index (χ3v) is 4.61. The van der Waals surface area contributed by atoms with Gasteiger partial charge in [0.2, 0.25) is 0 Å². The van der Waals surface area contributed by atoms with Crippen molar-refractivity contribution < 1.29 is 9.53 Å². The first kappa shape index (κ1) is 19.3. The number of ether oxygens (including phenoxy) is 1. The lowest BCUT2D eigenvalue weighted by Gasteiger charge is -2.13. The molecule has 2 N–H and O–H groups in total. The maximum absolute atomic E-state index is 12.4. The predicted octanol–water partition coefficient (Wildman–Crippen LogP) is 5.52. The normalized spacial score (nSPS) is 10.7. The molecule has 6 heteroatoms. The van der Waals surface area contributed by atoms with Crippen molar-refractivity contribution in [1.29, 1.82) is 0 Å². The summed E-state index contributed by atoms with van der Waals surface area (Å²) in [6.45, 7) is 3.90. The quantitative estimate of drug-likeness (QED) is 0.522. The molecule has 0 aliphatic rings. The second-order valence-electron chi connectivity index (χ2n) is 6.28. The van der Waals surface area contributed by atoms with E-state index in [0.29, 0.717) is 11.3 Å². The number of hydrogen-bond acceptors (Lipinski definition) is 3. The summed E-state index contributed by atoms with van der Waals surface area (Å²) in [6.07, 6.45) is 0.0553. The summed E-state index contributed by atoms with van der Waals surface area (Å²) in [4.78, 5) is 12.4. The number of thiocarbonyl (C=S) groups is 1. The summed E-state index contributed by atoms with van der Waals surface area (Å²) < 4.78 is 6.38. The van der Waals surface area contributed by atoms with Gasteiger partial charge in [0.25, 0.3) is 5.91 Å². The van der Waals surface area contributed by atoms with Gasteiger partial charge in [-0.2, -0.15) is 0 Å². The van der Waals surface area contributed by atoms with E-state index in [0.717, 1.165) is 20.9 Å². The Kier molecular flexibility index (Phi) is 6.08. The SMILES string of the molecule is CC(C)Oc1ccc(C(=O)NC(=S)Nc2ccc3ccccc3c2)cc1Br. The average Bonchev–Trinajstić information content (AvgIpc) is 2.62. The van der Waals surface area contributed by atoms with Crippen LogP contribution in [-0.2, 0) is 0 Å². The highest BCUT2D eigenvalue weighted by atomic mass is 79.9. The first-order valence-corrected chi connectivity index (χ1v) is 9.70. The zero-order chi connectivity index (χ0) is 19.4. The van der Waals surface area contributed by atoms with Gasteiger partial charge in [0, 0.05) is 11.3 Å². The molecule has 0 saturated carbocycles. The van der Waals surface area contributed by atoms with Gasteiger partial charge in [-0.15, -0.1) is 0 Å². The van der Waals surface area contributed by atoms with E-state index in [1.165, 1.54) is 0 Å². The summed E-state index contributed by atoms with van der Waals surface area (Å²) >= 11 is 8.70. The fourth-order valence-corrected chi connectivity index (χ4v) is 3.28. The van der Waals surface area contributed by atoms with Gasteiger partial charge in [-0.1, -0.05) is 30.3 Å². The van der Waals surface area contributed by atoms with Crippen LogP contribution in [0.3, 0.4) is 0 Å². The number of carbonyl (C=O) groups is 1. The molecule has 0 bridgehead atoms. The summed E-state index contributed by atoms with van der Waals surface area (Å²) in [5.74, 6) is 0.406. The lowest BCUT2D eigenvalue weighted by atomic mass is 10.1. The van der Waals surface area contributed by atoms with E-state index in [4.69, 9.17) is 17.0 Å². The van der Waals surface area contributed by atoms with Gasteiger partial charge < -0.3 is 10.1 Å². The molecule has 3 rings (SSSR count). The average molecular weight is 443 g/mol. The number of hydrogen-bond donors (Lipinski definition) is 2. The fraction of sp³-hybridized carbons (Fsp3) is 0.143. The van der Waals surface area contributed by atoms with Crippen molar-refractivity contribution >= 4 is 55.6 Å². The van der Waals surface area contributed by atoms with Crippen LogP contribution in [0, 0.1) is 0 Å². The van der Waals surface area contributed by atoms with E-state index < -0.39 is 0 Å². The Morgan fingerprint density at radius 2 is 1.78 bits per heavy atom. The molecule has 27 heavy (non-hydrogen) atoms. The van der Waals surface area contributed by atoms with Crippen molar-refractivity contribution in [2.75, 3.05) is 5.32 Å². The Morgan fingerprint density at radius 1 is 1.04 bits per heavy atom. The number of rotatable bonds is 4. The number of halogens is 1. The third-order valence-electron chi connectivity index (χ3n) is 3.79. The molecule has 0 radical (unpaired) electrons. The Morgan fingerprint density at radius 3 is 2.48 bits per heavy atom. The molecule has 0 heterocycles. The van der Waals surface area contributed by atoms with Crippen molar-refractivity contribution in [3.63, 3.8) is 0 Å². The molecule has 3 aromatic carbocycles. The standard InChI is InChI=1S/C21H19BrN2O2S/c1-13(2)26-19-10-8-16(12-18(19)22)20(25)24-21(27)23-17-9-7-14-5-3-4-6-15(14)11-17/h3-13H,1-2H3,(H2,23,24,25,27). The van der Waals surface area contributed by atoms with Crippen LogP contribution < -0.4 is 15.4 Å². The zero-order valence-corrected chi connectivity index (χ0v) is 17.4. The highest BCUT2D eigenvalue weighted by Gasteiger charge is 2.12. The van der Waals surface area contributed by atoms with Crippen LogP contribution in [0.2, 0.25) is 0 Å². The molecule has 0 aromatic heterocycles. The number of nitrogens with one attached hydrogen (secondary N) is 2. The molecule has 0 saturated heterocycles. The van der Waals surface area contributed by atoms with E-state index in [9.17, 15) is 4.79 Å². The largest absolute Gasteiger partial charge is 0.490 e. The van der Waals surface area contributed by atoms with Crippen LogP contribution >= 0.6 is 28.1 Å². The second-order valence-corrected chi connectivity index (χ2v) is 7.54. The van der Waals surface area contributed by atoms with Gasteiger partial charge in [0.1, 0.15) is 5.75 Å². The first-order chi connectivity index (χ1) is 12.9. The highest BCUT2D eigenvalue weighted by molar-refractivity contribution is 9.10. The van der Waals surface area contributed by atoms with Crippen LogP contribution in [0.15, 0.2) is 65.1 Å². The molecule has 0 aliphatic carbocycles. The molecule has 0 unspecified atom stereocenters. The Balaban J connectivity index is 1.66. The topological polar surface area (TPSA) is 50.4 Å². The monoisotopic (exact) mass is 442 g/mol. The molecule has 138 valence electrons. The molecule has 0 fully saturated rings. The van der Waals surface area contributed by atoms with Crippen molar-refractivity contribution in [2.45, 2.75) is 20.0 Å². The van der Waals surface area contributed by atoms with E-state index >= 15 is 0 Å². The van der Waals surface area contributed by atoms with Gasteiger partial charge in [-0.25, -0.2) is 0 Å². The lowest BCUT2D eigenvalue weighted by molar-refractivity contribution is 0.0977. The fourth-order valence-electron chi connectivity index (χ4n) is 2.60. The molecular formula is C21H19BrN2O2S. The van der Waals surface area contributed by atoms with Crippen LogP contribution in [-0.4, -0.2) is 17.1 Å². The Bertz CT molecular complexity index is 1000. The number of carbonyl (C=O) groups excluding carboxylic acids is 1. The summed E-state index contributed by atoms with van der Waals surface area (Å²) in [6, 6.07) is 19.2. The van der Waals surface area contributed by atoms with Crippen LogP contribution in [0.4, 0.5) is 5.69 Å². The number of fused-ring (bicyclic) bond motifs is 1. The van der Waals surface area contributed by atoms with E-state index in [-0.39, 0.29) is 17.1 Å². The number of anilines is 1. The van der Waals surface area contributed by atoms with E-state index in [1.54, 1.807) is 18.2 Å².